The molecule has 4 heteroatoms. The molecule has 0 fully saturated rings. The van der Waals surface area contributed by atoms with Gasteiger partial charge < -0.3 is 10.1 Å². The number of likely N-dealkylation sites (N-methyl/N-ethyl adjacent to an activating group) is 1. The molecule has 2 nitrogen and oxygen atoms in total. The fourth-order valence-corrected chi connectivity index (χ4v) is 1.97. The molecule has 2 aromatic carbocycles. The molecule has 1 unspecified atom stereocenters. The van der Waals surface area contributed by atoms with E-state index in [-0.39, 0.29) is 24.3 Å². The minimum atomic E-state index is -0.310. The maximum absolute atomic E-state index is 13.8. The quantitative estimate of drug-likeness (QED) is 0.869. The van der Waals surface area contributed by atoms with Gasteiger partial charge in [-0.15, -0.1) is 0 Å². The lowest BCUT2D eigenvalue weighted by Crippen LogP contribution is -2.27. The first kappa shape index (κ1) is 14.5. The van der Waals surface area contributed by atoms with Crippen molar-refractivity contribution in [1.29, 1.82) is 0 Å². The first-order valence-electron chi connectivity index (χ1n) is 6.57. The highest BCUT2D eigenvalue weighted by molar-refractivity contribution is 5.24. The third-order valence-corrected chi connectivity index (χ3v) is 2.96. The minimum Gasteiger partial charge on any atom is -0.492 e. The van der Waals surface area contributed by atoms with Crippen molar-refractivity contribution in [2.75, 3.05) is 13.2 Å². The number of nitrogens with one attached hydrogen (secondary N) is 1. The molecule has 0 saturated heterocycles. The summed E-state index contributed by atoms with van der Waals surface area (Å²) in [6.07, 6.45) is 0. The second kappa shape index (κ2) is 7.01. The third-order valence-electron chi connectivity index (χ3n) is 2.96. The van der Waals surface area contributed by atoms with E-state index in [2.05, 4.69) is 5.32 Å². The fourth-order valence-electron chi connectivity index (χ4n) is 1.97. The predicted molar refractivity (Wildman–Crippen MR) is 74.7 cm³/mol. The number of halogens is 2. The minimum absolute atomic E-state index is 0.244. The van der Waals surface area contributed by atoms with Crippen molar-refractivity contribution in [1.82, 2.24) is 5.32 Å². The van der Waals surface area contributed by atoms with Gasteiger partial charge >= 0.3 is 0 Å². The van der Waals surface area contributed by atoms with Gasteiger partial charge in [0.1, 0.15) is 24.0 Å². The molecule has 0 aliphatic rings. The molecule has 2 aromatic rings. The molecule has 20 heavy (non-hydrogen) atoms. The van der Waals surface area contributed by atoms with Crippen LogP contribution in [-0.2, 0) is 0 Å². The Hall–Kier alpha value is -1.94. The first-order valence-corrected chi connectivity index (χ1v) is 6.57. The van der Waals surface area contributed by atoms with Crippen molar-refractivity contribution >= 4 is 0 Å². The lowest BCUT2D eigenvalue weighted by atomic mass is 10.1. The highest BCUT2D eigenvalue weighted by atomic mass is 19.1. The molecule has 0 aliphatic carbocycles. The normalized spacial score (nSPS) is 12.2. The summed E-state index contributed by atoms with van der Waals surface area (Å²) in [4.78, 5) is 0. The zero-order chi connectivity index (χ0) is 14.4. The van der Waals surface area contributed by atoms with E-state index < -0.39 is 0 Å². The van der Waals surface area contributed by atoms with E-state index in [0.29, 0.717) is 17.9 Å². The number of hydrogen-bond donors (Lipinski definition) is 1. The van der Waals surface area contributed by atoms with E-state index in [1.165, 1.54) is 18.2 Å². The molecule has 0 aliphatic heterocycles. The van der Waals surface area contributed by atoms with Crippen LogP contribution in [0.4, 0.5) is 8.78 Å². The van der Waals surface area contributed by atoms with Crippen LogP contribution in [0.15, 0.2) is 48.5 Å². The lowest BCUT2D eigenvalue weighted by molar-refractivity contribution is 0.264. The average molecular weight is 277 g/mol. The van der Waals surface area contributed by atoms with Gasteiger partial charge in [0.15, 0.2) is 0 Å². The maximum atomic E-state index is 13.8. The Kier molecular flexibility index (Phi) is 5.07. The van der Waals surface area contributed by atoms with Crippen molar-refractivity contribution in [3.05, 3.63) is 65.7 Å². The zero-order valence-corrected chi connectivity index (χ0v) is 11.3. The maximum Gasteiger partial charge on any atom is 0.128 e. The van der Waals surface area contributed by atoms with E-state index in [1.807, 2.05) is 6.92 Å². The van der Waals surface area contributed by atoms with E-state index in [1.54, 1.807) is 30.3 Å². The molecule has 0 aromatic heterocycles. The van der Waals surface area contributed by atoms with Crippen LogP contribution >= 0.6 is 0 Å². The van der Waals surface area contributed by atoms with E-state index in [4.69, 9.17) is 4.74 Å². The molecular weight excluding hydrogens is 260 g/mol. The zero-order valence-electron chi connectivity index (χ0n) is 11.3. The van der Waals surface area contributed by atoms with Gasteiger partial charge in [-0.2, -0.15) is 0 Å². The standard InChI is InChI=1S/C16H17F2NO/c1-2-19-16(14-5-3-4-6-15(14)18)11-20-13-9-7-12(17)8-10-13/h3-10,16,19H,2,11H2,1H3. The summed E-state index contributed by atoms with van der Waals surface area (Å²) < 4.78 is 32.2. The molecule has 106 valence electrons. The van der Waals surface area contributed by atoms with Crippen molar-refractivity contribution in [3.8, 4) is 5.75 Å². The number of ether oxygens (including phenoxy) is 1. The molecule has 0 bridgehead atoms. The molecular formula is C16H17F2NO. The summed E-state index contributed by atoms with van der Waals surface area (Å²) in [5.74, 6) is -0.0125. The number of benzene rings is 2. The smallest absolute Gasteiger partial charge is 0.128 e. The molecule has 0 radical (unpaired) electrons. The number of rotatable bonds is 6. The largest absolute Gasteiger partial charge is 0.492 e. The second-order valence-corrected chi connectivity index (χ2v) is 4.40. The van der Waals surface area contributed by atoms with Crippen LogP contribution in [0, 0.1) is 11.6 Å². The molecule has 0 heterocycles. The second-order valence-electron chi connectivity index (χ2n) is 4.40. The van der Waals surface area contributed by atoms with Crippen LogP contribution in [0.3, 0.4) is 0 Å². The molecule has 0 saturated carbocycles. The number of hydrogen-bond acceptors (Lipinski definition) is 2. The SMILES string of the molecule is CCNC(COc1ccc(F)cc1)c1ccccc1F. The highest BCUT2D eigenvalue weighted by Gasteiger charge is 2.15. The van der Waals surface area contributed by atoms with Crippen LogP contribution in [0.1, 0.15) is 18.5 Å². The lowest BCUT2D eigenvalue weighted by Gasteiger charge is -2.19. The summed E-state index contributed by atoms with van der Waals surface area (Å²) >= 11 is 0. The highest BCUT2D eigenvalue weighted by Crippen LogP contribution is 2.19. The third kappa shape index (κ3) is 3.78. The van der Waals surface area contributed by atoms with Gasteiger partial charge in [-0.1, -0.05) is 25.1 Å². The van der Waals surface area contributed by atoms with Gasteiger partial charge in [0.05, 0.1) is 6.04 Å². The Morgan fingerprint density at radius 1 is 1.05 bits per heavy atom. The monoisotopic (exact) mass is 277 g/mol. The van der Waals surface area contributed by atoms with Crippen LogP contribution in [-0.4, -0.2) is 13.2 Å². The summed E-state index contributed by atoms with van der Waals surface area (Å²) in [5, 5.41) is 3.18. The Labute approximate surface area is 117 Å². The Morgan fingerprint density at radius 2 is 1.75 bits per heavy atom. The van der Waals surface area contributed by atoms with Crippen LogP contribution < -0.4 is 10.1 Å². The van der Waals surface area contributed by atoms with Crippen molar-refractivity contribution in [3.63, 3.8) is 0 Å². The van der Waals surface area contributed by atoms with Crippen molar-refractivity contribution in [2.24, 2.45) is 0 Å². The van der Waals surface area contributed by atoms with Crippen molar-refractivity contribution in [2.45, 2.75) is 13.0 Å². The fraction of sp³-hybridized carbons (Fsp3) is 0.250. The van der Waals surface area contributed by atoms with Crippen LogP contribution in [0.2, 0.25) is 0 Å². The van der Waals surface area contributed by atoms with Crippen LogP contribution in [0.5, 0.6) is 5.75 Å². The van der Waals surface area contributed by atoms with Gasteiger partial charge in [-0.05, 0) is 36.9 Å². The van der Waals surface area contributed by atoms with Gasteiger partial charge in [0.2, 0.25) is 0 Å². The summed E-state index contributed by atoms with van der Waals surface area (Å²) in [6, 6.07) is 12.1. The van der Waals surface area contributed by atoms with E-state index in [0.717, 1.165) is 0 Å². The topological polar surface area (TPSA) is 21.3 Å². The van der Waals surface area contributed by atoms with Gasteiger partial charge in [-0.25, -0.2) is 8.78 Å². The molecule has 0 spiro atoms. The van der Waals surface area contributed by atoms with E-state index >= 15 is 0 Å². The summed E-state index contributed by atoms with van der Waals surface area (Å²) in [7, 11) is 0. The Morgan fingerprint density at radius 3 is 2.40 bits per heavy atom. The summed E-state index contributed by atoms with van der Waals surface area (Å²) in [5.41, 5.74) is 0.566. The summed E-state index contributed by atoms with van der Waals surface area (Å²) in [6.45, 7) is 2.93. The first-order chi connectivity index (χ1) is 9.70. The van der Waals surface area contributed by atoms with Gasteiger partial charge in [0.25, 0.3) is 0 Å². The van der Waals surface area contributed by atoms with E-state index in [9.17, 15) is 8.78 Å². The van der Waals surface area contributed by atoms with Gasteiger partial charge in [0, 0.05) is 5.56 Å². The predicted octanol–water partition coefficient (Wildman–Crippen LogP) is 3.69. The Balaban J connectivity index is 2.06. The molecule has 2 rings (SSSR count). The Bertz CT molecular complexity index is 542. The molecule has 0 amide bonds. The van der Waals surface area contributed by atoms with Crippen molar-refractivity contribution < 1.29 is 13.5 Å². The van der Waals surface area contributed by atoms with Crippen LogP contribution in [0.25, 0.3) is 0 Å². The molecule has 1 N–H and O–H groups in total. The van der Waals surface area contributed by atoms with Gasteiger partial charge in [-0.3, -0.25) is 0 Å². The molecule has 1 atom stereocenters. The average Bonchev–Trinajstić information content (AvgIpc) is 2.46.